The van der Waals surface area contributed by atoms with Crippen LogP contribution in [0.25, 0.3) is 0 Å². The molecule has 24 heavy (non-hydrogen) atoms. The van der Waals surface area contributed by atoms with Crippen molar-refractivity contribution in [2.75, 3.05) is 13.1 Å². The molecular weight excluding hydrogens is 310 g/mol. The zero-order chi connectivity index (χ0) is 16.9. The van der Waals surface area contributed by atoms with Crippen molar-refractivity contribution in [1.29, 1.82) is 0 Å². The summed E-state index contributed by atoms with van der Waals surface area (Å²) in [5.74, 6) is -0.715. The average Bonchev–Trinajstić information content (AvgIpc) is 2.62. The minimum Gasteiger partial charge on any atom is -0.345 e. The first-order valence-electron chi connectivity index (χ1n) is 8.15. The first kappa shape index (κ1) is 16.6. The van der Waals surface area contributed by atoms with Gasteiger partial charge in [0, 0.05) is 5.92 Å². The smallest absolute Gasteiger partial charge is 0.223 e. The van der Waals surface area contributed by atoms with E-state index in [0.717, 1.165) is 37.1 Å². The van der Waals surface area contributed by atoms with Gasteiger partial charge in [-0.05, 0) is 61.3 Å². The highest BCUT2D eigenvalue weighted by molar-refractivity contribution is 5.79. The van der Waals surface area contributed by atoms with Crippen LogP contribution in [-0.4, -0.2) is 19.0 Å². The molecule has 0 spiro atoms. The lowest BCUT2D eigenvalue weighted by Gasteiger charge is -2.26. The summed E-state index contributed by atoms with van der Waals surface area (Å²) in [5, 5.41) is 6.28. The zero-order valence-corrected chi connectivity index (χ0v) is 13.3. The molecule has 2 aromatic carbocycles. The van der Waals surface area contributed by atoms with E-state index in [2.05, 4.69) is 10.6 Å². The van der Waals surface area contributed by atoms with Gasteiger partial charge in [0.25, 0.3) is 0 Å². The third-order valence-corrected chi connectivity index (χ3v) is 4.40. The van der Waals surface area contributed by atoms with E-state index < -0.39 is 6.04 Å². The second kappa shape index (κ2) is 7.53. The lowest BCUT2D eigenvalue weighted by Crippen LogP contribution is -2.40. The minimum atomic E-state index is -0.423. The first-order chi connectivity index (χ1) is 11.6. The number of halogens is 2. The highest BCUT2D eigenvalue weighted by atomic mass is 19.1. The number of piperidine rings is 1. The second-order valence-electron chi connectivity index (χ2n) is 6.07. The molecule has 0 saturated carbocycles. The van der Waals surface area contributed by atoms with Crippen molar-refractivity contribution in [3.8, 4) is 0 Å². The van der Waals surface area contributed by atoms with Crippen LogP contribution in [0.3, 0.4) is 0 Å². The molecule has 0 radical (unpaired) electrons. The fourth-order valence-electron chi connectivity index (χ4n) is 3.01. The number of carbonyl (C=O) groups excluding carboxylic acids is 1. The Kier molecular flexibility index (Phi) is 5.20. The van der Waals surface area contributed by atoms with Crippen molar-refractivity contribution in [3.63, 3.8) is 0 Å². The Bertz CT molecular complexity index is 634. The fraction of sp³-hybridized carbons (Fsp3) is 0.316. The molecule has 3 nitrogen and oxygen atoms in total. The molecule has 3 rings (SSSR count). The van der Waals surface area contributed by atoms with Gasteiger partial charge in [-0.15, -0.1) is 0 Å². The maximum Gasteiger partial charge on any atom is 0.223 e. The Morgan fingerprint density at radius 3 is 1.83 bits per heavy atom. The third kappa shape index (κ3) is 3.97. The number of amides is 1. The van der Waals surface area contributed by atoms with Crippen LogP contribution in [0.15, 0.2) is 48.5 Å². The van der Waals surface area contributed by atoms with Gasteiger partial charge in [0.15, 0.2) is 0 Å². The van der Waals surface area contributed by atoms with E-state index in [4.69, 9.17) is 0 Å². The normalized spacial score (nSPS) is 15.5. The summed E-state index contributed by atoms with van der Waals surface area (Å²) >= 11 is 0. The topological polar surface area (TPSA) is 41.1 Å². The lowest BCUT2D eigenvalue weighted by atomic mass is 9.94. The zero-order valence-electron chi connectivity index (χ0n) is 13.3. The number of carbonyl (C=O) groups is 1. The quantitative estimate of drug-likeness (QED) is 0.904. The van der Waals surface area contributed by atoms with E-state index >= 15 is 0 Å². The van der Waals surface area contributed by atoms with Crippen molar-refractivity contribution in [2.24, 2.45) is 5.92 Å². The summed E-state index contributed by atoms with van der Waals surface area (Å²) < 4.78 is 26.4. The molecule has 1 heterocycles. The van der Waals surface area contributed by atoms with Crippen LogP contribution in [0.1, 0.15) is 30.0 Å². The molecule has 0 atom stereocenters. The molecule has 1 fully saturated rings. The van der Waals surface area contributed by atoms with Crippen molar-refractivity contribution in [3.05, 3.63) is 71.3 Å². The van der Waals surface area contributed by atoms with E-state index in [1.165, 1.54) is 24.3 Å². The number of benzene rings is 2. The minimum absolute atomic E-state index is 0.0184. The van der Waals surface area contributed by atoms with Crippen LogP contribution < -0.4 is 10.6 Å². The Hall–Kier alpha value is -2.27. The number of hydrogen-bond donors (Lipinski definition) is 2. The van der Waals surface area contributed by atoms with Gasteiger partial charge in [-0.3, -0.25) is 4.79 Å². The van der Waals surface area contributed by atoms with Gasteiger partial charge in [0.05, 0.1) is 6.04 Å². The molecule has 0 aromatic heterocycles. The molecule has 1 aliphatic rings. The van der Waals surface area contributed by atoms with Crippen LogP contribution in [0, 0.1) is 17.6 Å². The summed E-state index contributed by atoms with van der Waals surface area (Å²) in [4.78, 5) is 12.6. The summed E-state index contributed by atoms with van der Waals surface area (Å²) in [7, 11) is 0. The largest absolute Gasteiger partial charge is 0.345 e. The second-order valence-corrected chi connectivity index (χ2v) is 6.07. The van der Waals surface area contributed by atoms with Crippen molar-refractivity contribution >= 4 is 5.91 Å². The highest BCUT2D eigenvalue weighted by Crippen LogP contribution is 2.24. The predicted molar refractivity (Wildman–Crippen MR) is 88.4 cm³/mol. The molecule has 0 unspecified atom stereocenters. The monoisotopic (exact) mass is 330 g/mol. The average molecular weight is 330 g/mol. The van der Waals surface area contributed by atoms with Crippen molar-refractivity contribution in [2.45, 2.75) is 18.9 Å². The van der Waals surface area contributed by atoms with E-state index in [9.17, 15) is 13.6 Å². The van der Waals surface area contributed by atoms with Crippen LogP contribution in [0.5, 0.6) is 0 Å². The summed E-state index contributed by atoms with van der Waals surface area (Å²) in [6.07, 6.45) is 1.59. The fourth-order valence-corrected chi connectivity index (χ4v) is 3.01. The van der Waals surface area contributed by atoms with E-state index in [1.807, 2.05) is 0 Å². The Morgan fingerprint density at radius 2 is 1.38 bits per heavy atom. The third-order valence-electron chi connectivity index (χ3n) is 4.40. The molecule has 2 N–H and O–H groups in total. The Labute approximate surface area is 140 Å². The maximum atomic E-state index is 13.2. The number of nitrogens with one attached hydrogen (secondary N) is 2. The van der Waals surface area contributed by atoms with Crippen LogP contribution in [-0.2, 0) is 4.79 Å². The predicted octanol–water partition coefficient (Wildman–Crippen LogP) is 3.17. The van der Waals surface area contributed by atoms with Crippen molar-refractivity contribution < 1.29 is 13.6 Å². The van der Waals surface area contributed by atoms with Gasteiger partial charge in [-0.2, -0.15) is 0 Å². The van der Waals surface area contributed by atoms with Gasteiger partial charge in [-0.25, -0.2) is 8.78 Å². The molecule has 1 aliphatic heterocycles. The van der Waals surface area contributed by atoms with Crippen molar-refractivity contribution in [1.82, 2.24) is 10.6 Å². The summed E-state index contributed by atoms with van der Waals surface area (Å²) in [6, 6.07) is 11.6. The van der Waals surface area contributed by atoms with Gasteiger partial charge in [-0.1, -0.05) is 24.3 Å². The molecular formula is C19H20F2N2O. The standard InChI is InChI=1S/C19H20F2N2O/c20-16-5-1-13(2-6-16)18(14-3-7-17(21)8-4-14)23-19(24)15-9-11-22-12-10-15/h1-8,15,18,22H,9-12H2,(H,23,24). The van der Waals surface area contributed by atoms with E-state index in [-0.39, 0.29) is 23.5 Å². The van der Waals surface area contributed by atoms with E-state index in [1.54, 1.807) is 24.3 Å². The molecule has 126 valence electrons. The Balaban J connectivity index is 1.85. The first-order valence-corrected chi connectivity index (χ1v) is 8.15. The van der Waals surface area contributed by atoms with Gasteiger partial charge >= 0.3 is 0 Å². The van der Waals surface area contributed by atoms with Crippen LogP contribution >= 0.6 is 0 Å². The molecule has 0 aliphatic carbocycles. The molecule has 5 heteroatoms. The lowest BCUT2D eigenvalue weighted by molar-refractivity contribution is -0.126. The number of hydrogen-bond acceptors (Lipinski definition) is 2. The van der Waals surface area contributed by atoms with Gasteiger partial charge in [0.1, 0.15) is 11.6 Å². The maximum absolute atomic E-state index is 13.2. The summed E-state index contributed by atoms with van der Waals surface area (Å²) in [5.41, 5.74) is 1.54. The molecule has 2 aromatic rings. The highest BCUT2D eigenvalue weighted by Gasteiger charge is 2.24. The van der Waals surface area contributed by atoms with Crippen LogP contribution in [0.2, 0.25) is 0 Å². The Morgan fingerprint density at radius 1 is 0.917 bits per heavy atom. The van der Waals surface area contributed by atoms with Gasteiger partial charge in [0.2, 0.25) is 5.91 Å². The molecule has 1 saturated heterocycles. The van der Waals surface area contributed by atoms with E-state index in [0.29, 0.717) is 0 Å². The van der Waals surface area contributed by atoms with Gasteiger partial charge < -0.3 is 10.6 Å². The van der Waals surface area contributed by atoms with Crippen LogP contribution in [0.4, 0.5) is 8.78 Å². The molecule has 1 amide bonds. The SMILES string of the molecule is O=C(NC(c1ccc(F)cc1)c1ccc(F)cc1)C1CCNCC1. The number of rotatable bonds is 4. The summed E-state index contributed by atoms with van der Waals surface area (Å²) in [6.45, 7) is 1.66. The molecule has 0 bridgehead atoms.